The number of nitro groups is 2. The Balaban J connectivity index is 1.79. The van der Waals surface area contributed by atoms with E-state index in [0.717, 1.165) is 0 Å². The van der Waals surface area contributed by atoms with E-state index in [0.29, 0.717) is 40.7 Å². The molecule has 0 aliphatic carbocycles. The van der Waals surface area contributed by atoms with Gasteiger partial charge < -0.3 is 31.5 Å². The van der Waals surface area contributed by atoms with Crippen molar-refractivity contribution in [3.05, 3.63) is 122 Å². The van der Waals surface area contributed by atoms with Crippen molar-refractivity contribution in [2.75, 3.05) is 10.6 Å². The monoisotopic (exact) mass is 746 g/mol. The zero-order valence-corrected chi connectivity index (χ0v) is 30.7. The number of hydrogen-bond acceptors (Lipinski definition) is 10. The molecule has 0 aromatic heterocycles. The van der Waals surface area contributed by atoms with Gasteiger partial charge in [-0.1, -0.05) is 71.0 Å². The van der Waals surface area contributed by atoms with Crippen molar-refractivity contribution in [3.63, 3.8) is 0 Å². The molecule has 0 radical (unpaired) electrons. The lowest BCUT2D eigenvalue weighted by molar-refractivity contribution is -0.403. The number of non-ortho nitro benzene ring substituents is 1. The number of nitrogens with one attached hydrogen (secondary N) is 4. The van der Waals surface area contributed by atoms with Crippen LogP contribution in [0, 0.1) is 31.6 Å². The molecule has 3 unspecified atom stereocenters. The second kappa shape index (κ2) is 19.0. The fourth-order valence-corrected chi connectivity index (χ4v) is 5.64. The Morgan fingerprint density at radius 3 is 1.67 bits per heavy atom. The zero-order chi connectivity index (χ0) is 40.2. The van der Waals surface area contributed by atoms with E-state index in [1.807, 2.05) is 34.6 Å². The highest BCUT2D eigenvalue weighted by atomic mass is 16.6. The number of carboxylic acids is 2. The summed E-state index contributed by atoms with van der Waals surface area (Å²) in [5, 5.41) is 53.2. The first-order valence-corrected chi connectivity index (χ1v) is 17.2. The highest BCUT2D eigenvalue weighted by Gasteiger charge is 2.29. The Hall–Kier alpha value is -6.32. The molecule has 2 amide bonds. The smallest absolute Gasteiger partial charge is 0.326 e. The zero-order valence-electron chi connectivity index (χ0n) is 30.7. The Morgan fingerprint density at radius 1 is 0.759 bits per heavy atom. The van der Waals surface area contributed by atoms with Crippen LogP contribution in [0.2, 0.25) is 0 Å². The summed E-state index contributed by atoms with van der Waals surface area (Å²) >= 11 is 0. The molecule has 16 heteroatoms. The van der Waals surface area contributed by atoms with Gasteiger partial charge in [-0.3, -0.25) is 29.8 Å². The standard InChI is InChI=1S/C38H46N6O10/c1-23(2)18-30(24-10-12-27(13-11-24)39-33(22-43(51)52)40-28-14-16-29(17-15-28)44(53)54)35(46)42-32(37(49)50)20-26-9-7-6-8-25(26)19-31(36(47)48)41-34(45)21-38(3,4)5/h6-17,22-23,30-32,39-40H,18-21H2,1-5H3,(H,41,45)(H,42,46)(H,47,48)(H,49,50)/b33-22-. The number of carboxylic acid groups (broad SMARTS) is 2. The van der Waals surface area contributed by atoms with Crippen molar-refractivity contribution < 1.29 is 39.2 Å². The number of hydrogen-bond donors (Lipinski definition) is 6. The molecule has 0 fully saturated rings. The van der Waals surface area contributed by atoms with Crippen molar-refractivity contribution in [2.24, 2.45) is 11.3 Å². The van der Waals surface area contributed by atoms with Crippen LogP contribution in [0.1, 0.15) is 70.1 Å². The van der Waals surface area contributed by atoms with Crippen LogP contribution < -0.4 is 21.3 Å². The molecule has 3 atom stereocenters. The molecule has 3 aromatic carbocycles. The van der Waals surface area contributed by atoms with Crippen LogP contribution >= 0.6 is 0 Å². The molecular weight excluding hydrogens is 700 g/mol. The molecule has 0 bridgehead atoms. The molecule has 16 nitrogen and oxygen atoms in total. The SMILES string of the molecule is CC(C)CC(C(=O)NC(Cc1ccccc1CC(NC(=O)CC(C)(C)C)C(=O)O)C(=O)O)c1ccc(N/C(=C/[N+](=O)[O-])Nc2ccc([N+](=O)[O-])cc2)cc1. The van der Waals surface area contributed by atoms with Gasteiger partial charge in [0.05, 0.1) is 15.8 Å². The lowest BCUT2D eigenvalue weighted by Gasteiger charge is -2.24. The fraction of sp³-hybridized carbons (Fsp3) is 0.368. The first-order chi connectivity index (χ1) is 25.3. The molecule has 0 aliphatic heterocycles. The summed E-state index contributed by atoms with van der Waals surface area (Å²) < 4.78 is 0. The first kappa shape index (κ1) is 42.1. The van der Waals surface area contributed by atoms with Crippen molar-refractivity contribution in [1.29, 1.82) is 0 Å². The van der Waals surface area contributed by atoms with Gasteiger partial charge in [-0.15, -0.1) is 0 Å². The molecule has 54 heavy (non-hydrogen) atoms. The molecule has 3 rings (SSSR count). The van der Waals surface area contributed by atoms with Gasteiger partial charge in [-0.2, -0.15) is 0 Å². The van der Waals surface area contributed by atoms with E-state index in [-0.39, 0.29) is 42.1 Å². The second-order valence-electron chi connectivity index (χ2n) is 14.5. The van der Waals surface area contributed by atoms with Crippen LogP contribution in [-0.4, -0.2) is 55.9 Å². The van der Waals surface area contributed by atoms with Gasteiger partial charge in [0.2, 0.25) is 11.8 Å². The Morgan fingerprint density at radius 2 is 1.24 bits per heavy atom. The van der Waals surface area contributed by atoms with Gasteiger partial charge in [0, 0.05) is 42.8 Å². The Kier molecular flexibility index (Phi) is 14.8. The van der Waals surface area contributed by atoms with Crippen LogP contribution in [0.15, 0.2) is 84.8 Å². The summed E-state index contributed by atoms with van der Waals surface area (Å²) in [6.45, 7) is 9.41. The van der Waals surface area contributed by atoms with Gasteiger partial charge in [0.1, 0.15) is 12.1 Å². The summed E-state index contributed by atoms with van der Waals surface area (Å²) in [5.41, 5.74) is 1.84. The van der Waals surface area contributed by atoms with Gasteiger partial charge in [-0.25, -0.2) is 9.59 Å². The quantitative estimate of drug-likeness (QED) is 0.0641. The van der Waals surface area contributed by atoms with E-state index in [9.17, 15) is 49.6 Å². The number of nitrogens with zero attached hydrogens (tertiary/aromatic N) is 2. The summed E-state index contributed by atoms with van der Waals surface area (Å²) in [4.78, 5) is 71.9. The maximum atomic E-state index is 13.8. The second-order valence-corrected chi connectivity index (χ2v) is 14.5. The number of carbonyl (C=O) groups is 4. The average Bonchev–Trinajstić information content (AvgIpc) is 3.06. The number of amides is 2. The van der Waals surface area contributed by atoms with Crippen molar-refractivity contribution in [3.8, 4) is 0 Å². The third-order valence-corrected chi connectivity index (χ3v) is 8.11. The Labute approximate surface area is 312 Å². The highest BCUT2D eigenvalue weighted by Crippen LogP contribution is 2.27. The van der Waals surface area contributed by atoms with Crippen LogP contribution in [0.5, 0.6) is 0 Å². The van der Waals surface area contributed by atoms with Crippen LogP contribution in [0.4, 0.5) is 17.1 Å². The number of nitro benzene ring substituents is 1. The molecule has 3 aromatic rings. The fourth-order valence-electron chi connectivity index (χ4n) is 5.64. The minimum Gasteiger partial charge on any atom is -0.480 e. The largest absolute Gasteiger partial charge is 0.480 e. The van der Waals surface area contributed by atoms with Gasteiger partial charge in [0.15, 0.2) is 5.82 Å². The molecule has 288 valence electrons. The van der Waals surface area contributed by atoms with Crippen molar-refractivity contribution in [2.45, 2.75) is 78.3 Å². The molecule has 0 spiro atoms. The van der Waals surface area contributed by atoms with Crippen molar-refractivity contribution in [1.82, 2.24) is 10.6 Å². The van der Waals surface area contributed by atoms with E-state index >= 15 is 0 Å². The van der Waals surface area contributed by atoms with Gasteiger partial charge >= 0.3 is 11.9 Å². The maximum absolute atomic E-state index is 13.8. The summed E-state index contributed by atoms with van der Waals surface area (Å²) in [7, 11) is 0. The van der Waals surface area contributed by atoms with E-state index < -0.39 is 51.6 Å². The molecule has 6 N–H and O–H groups in total. The average molecular weight is 747 g/mol. The number of carbonyl (C=O) groups excluding carboxylic acids is 2. The summed E-state index contributed by atoms with van der Waals surface area (Å²) in [5.74, 6) is -4.26. The van der Waals surface area contributed by atoms with Crippen LogP contribution in [0.25, 0.3) is 0 Å². The predicted octanol–water partition coefficient (Wildman–Crippen LogP) is 5.68. The van der Waals surface area contributed by atoms with Crippen molar-refractivity contribution >= 4 is 40.8 Å². The van der Waals surface area contributed by atoms with E-state index in [4.69, 9.17) is 0 Å². The topological polar surface area (TPSA) is 243 Å². The first-order valence-electron chi connectivity index (χ1n) is 17.2. The van der Waals surface area contributed by atoms with E-state index in [2.05, 4.69) is 21.3 Å². The lowest BCUT2D eigenvalue weighted by Crippen LogP contribution is -2.45. The summed E-state index contributed by atoms with van der Waals surface area (Å²) in [6, 6.07) is 15.9. The minimum absolute atomic E-state index is 0.0320. The minimum atomic E-state index is -1.37. The third kappa shape index (κ3) is 13.7. The Bertz CT molecular complexity index is 1850. The van der Waals surface area contributed by atoms with Gasteiger partial charge in [0.25, 0.3) is 11.9 Å². The number of aliphatic carboxylic acids is 2. The predicted molar refractivity (Wildman–Crippen MR) is 201 cm³/mol. The van der Waals surface area contributed by atoms with E-state index in [1.54, 1.807) is 48.5 Å². The van der Waals surface area contributed by atoms with Crippen LogP contribution in [-0.2, 0) is 32.0 Å². The normalized spacial score (nSPS) is 13.3. The summed E-state index contributed by atoms with van der Waals surface area (Å²) in [6.07, 6.45) is 0.928. The molecule has 0 saturated heterocycles. The molecule has 0 aliphatic rings. The number of benzene rings is 3. The van der Waals surface area contributed by atoms with Gasteiger partial charge in [-0.05, 0) is 58.7 Å². The molecular formula is C38H46N6O10. The highest BCUT2D eigenvalue weighted by molar-refractivity contribution is 5.88. The number of anilines is 2. The molecule has 0 saturated carbocycles. The number of rotatable bonds is 19. The van der Waals surface area contributed by atoms with E-state index in [1.165, 1.54) is 24.3 Å². The maximum Gasteiger partial charge on any atom is 0.326 e. The molecule has 0 heterocycles. The van der Waals surface area contributed by atoms with Crippen LogP contribution in [0.3, 0.4) is 0 Å². The lowest BCUT2D eigenvalue weighted by atomic mass is 9.88. The third-order valence-electron chi connectivity index (χ3n) is 8.11.